The Labute approximate surface area is 154 Å². The highest BCUT2D eigenvalue weighted by Crippen LogP contribution is 2.27. The minimum atomic E-state index is -0.226. The Balaban J connectivity index is 1.63. The van der Waals surface area contributed by atoms with Crippen LogP contribution in [0.3, 0.4) is 0 Å². The Bertz CT molecular complexity index is 1140. The van der Waals surface area contributed by atoms with Crippen LogP contribution in [0.4, 0.5) is 0 Å². The van der Waals surface area contributed by atoms with Crippen LogP contribution in [0, 0.1) is 13.8 Å². The maximum absolute atomic E-state index is 12.8. The van der Waals surface area contributed by atoms with Crippen LogP contribution in [0.1, 0.15) is 17.2 Å². The Morgan fingerprint density at radius 3 is 2.56 bits per heavy atom. The highest BCUT2D eigenvalue weighted by atomic mass is 16.5. The summed E-state index contributed by atoms with van der Waals surface area (Å²) in [5, 5.41) is 4.31. The SMILES string of the molecule is Cc1cc(COc2ccc3c(=O)c(Oc4ccccc4)c(C)oc3c2)no1. The van der Waals surface area contributed by atoms with E-state index in [0.29, 0.717) is 33.9 Å². The average Bonchev–Trinajstić information content (AvgIpc) is 3.09. The quantitative estimate of drug-likeness (QED) is 0.508. The number of para-hydroxylation sites is 1. The summed E-state index contributed by atoms with van der Waals surface area (Å²) in [6.45, 7) is 3.78. The molecule has 0 spiro atoms. The van der Waals surface area contributed by atoms with Gasteiger partial charge in [0.1, 0.15) is 40.9 Å². The lowest BCUT2D eigenvalue weighted by Crippen LogP contribution is -2.07. The zero-order valence-electron chi connectivity index (χ0n) is 14.9. The van der Waals surface area contributed by atoms with Gasteiger partial charge in [-0.15, -0.1) is 0 Å². The molecule has 0 aliphatic heterocycles. The first-order chi connectivity index (χ1) is 13.1. The molecule has 6 heteroatoms. The molecule has 27 heavy (non-hydrogen) atoms. The molecule has 136 valence electrons. The van der Waals surface area contributed by atoms with Gasteiger partial charge in [-0.05, 0) is 38.1 Å². The van der Waals surface area contributed by atoms with Crippen molar-refractivity contribution in [2.75, 3.05) is 0 Å². The summed E-state index contributed by atoms with van der Waals surface area (Å²) in [4.78, 5) is 12.8. The van der Waals surface area contributed by atoms with Crippen molar-refractivity contribution in [2.24, 2.45) is 0 Å². The molecule has 0 aliphatic carbocycles. The van der Waals surface area contributed by atoms with Gasteiger partial charge in [-0.2, -0.15) is 0 Å². The molecule has 4 rings (SSSR count). The van der Waals surface area contributed by atoms with Crippen molar-refractivity contribution < 1.29 is 18.4 Å². The summed E-state index contributed by atoms with van der Waals surface area (Å²) in [6.07, 6.45) is 0. The lowest BCUT2D eigenvalue weighted by Gasteiger charge is -2.10. The topological polar surface area (TPSA) is 74.7 Å². The largest absolute Gasteiger partial charge is 0.487 e. The fourth-order valence-corrected chi connectivity index (χ4v) is 2.73. The molecule has 2 aromatic heterocycles. The molecule has 0 bridgehead atoms. The Kier molecular flexibility index (Phi) is 4.38. The molecular weight excluding hydrogens is 346 g/mol. The summed E-state index contributed by atoms with van der Waals surface area (Å²) < 4.78 is 22.2. The number of ether oxygens (including phenoxy) is 2. The Hall–Kier alpha value is -3.54. The minimum absolute atomic E-state index is 0.181. The first kappa shape index (κ1) is 16.9. The second-order valence-corrected chi connectivity index (χ2v) is 6.11. The van der Waals surface area contributed by atoms with Crippen molar-refractivity contribution >= 4 is 11.0 Å². The predicted octanol–water partition coefficient (Wildman–Crippen LogP) is 4.77. The third-order valence-corrected chi connectivity index (χ3v) is 4.01. The number of aryl methyl sites for hydroxylation is 2. The van der Waals surface area contributed by atoms with Crippen molar-refractivity contribution in [1.29, 1.82) is 0 Å². The molecule has 2 heterocycles. The van der Waals surface area contributed by atoms with Crippen molar-refractivity contribution in [3.63, 3.8) is 0 Å². The van der Waals surface area contributed by atoms with Crippen molar-refractivity contribution in [3.05, 3.63) is 82.0 Å². The van der Waals surface area contributed by atoms with Gasteiger partial charge in [-0.1, -0.05) is 23.4 Å². The normalized spacial score (nSPS) is 10.9. The Morgan fingerprint density at radius 1 is 1.00 bits per heavy atom. The van der Waals surface area contributed by atoms with Gasteiger partial charge in [0.05, 0.1) is 5.39 Å². The van der Waals surface area contributed by atoms with Crippen LogP contribution in [0.15, 0.2) is 68.3 Å². The zero-order chi connectivity index (χ0) is 18.8. The maximum atomic E-state index is 12.8. The summed E-state index contributed by atoms with van der Waals surface area (Å²) in [7, 11) is 0. The van der Waals surface area contributed by atoms with Gasteiger partial charge < -0.3 is 18.4 Å². The van der Waals surface area contributed by atoms with Crippen LogP contribution < -0.4 is 14.9 Å². The van der Waals surface area contributed by atoms with Crippen LogP contribution in [0.25, 0.3) is 11.0 Å². The highest BCUT2D eigenvalue weighted by molar-refractivity contribution is 5.79. The standard InChI is InChI=1S/C21H17NO5/c1-13-10-15(22-27-13)12-24-17-8-9-18-19(11-17)25-14(2)21(20(18)23)26-16-6-4-3-5-7-16/h3-11H,12H2,1-2H3. The van der Waals surface area contributed by atoms with E-state index in [0.717, 1.165) is 5.76 Å². The van der Waals surface area contributed by atoms with E-state index in [1.165, 1.54) is 0 Å². The molecule has 0 aliphatic rings. The second-order valence-electron chi connectivity index (χ2n) is 6.11. The van der Waals surface area contributed by atoms with Gasteiger partial charge in [0, 0.05) is 12.1 Å². The van der Waals surface area contributed by atoms with Crippen LogP contribution >= 0.6 is 0 Å². The number of nitrogens with zero attached hydrogens (tertiary/aromatic N) is 1. The number of rotatable bonds is 5. The molecule has 0 saturated carbocycles. The van der Waals surface area contributed by atoms with E-state index in [4.69, 9.17) is 18.4 Å². The van der Waals surface area contributed by atoms with E-state index in [-0.39, 0.29) is 17.8 Å². The fraction of sp³-hybridized carbons (Fsp3) is 0.143. The smallest absolute Gasteiger partial charge is 0.235 e. The van der Waals surface area contributed by atoms with Crippen LogP contribution in [-0.2, 0) is 6.61 Å². The molecule has 0 amide bonds. The Morgan fingerprint density at radius 2 is 1.81 bits per heavy atom. The van der Waals surface area contributed by atoms with Gasteiger partial charge in [0.25, 0.3) is 0 Å². The average molecular weight is 363 g/mol. The highest BCUT2D eigenvalue weighted by Gasteiger charge is 2.14. The van der Waals surface area contributed by atoms with E-state index in [9.17, 15) is 4.79 Å². The summed E-state index contributed by atoms with van der Waals surface area (Å²) in [6, 6.07) is 16.0. The summed E-state index contributed by atoms with van der Waals surface area (Å²) in [5.41, 5.74) is 0.903. The van der Waals surface area contributed by atoms with Gasteiger partial charge in [0.2, 0.25) is 11.2 Å². The fourth-order valence-electron chi connectivity index (χ4n) is 2.73. The number of hydrogen-bond donors (Lipinski definition) is 0. The molecule has 0 radical (unpaired) electrons. The molecule has 0 atom stereocenters. The maximum Gasteiger partial charge on any atom is 0.235 e. The molecule has 0 unspecified atom stereocenters. The summed E-state index contributed by atoms with van der Waals surface area (Å²) in [5.74, 6) is 2.46. The second kappa shape index (κ2) is 6.99. The van der Waals surface area contributed by atoms with E-state index in [2.05, 4.69) is 5.16 Å². The summed E-state index contributed by atoms with van der Waals surface area (Å²) >= 11 is 0. The van der Waals surface area contributed by atoms with Crippen molar-refractivity contribution in [3.8, 4) is 17.2 Å². The van der Waals surface area contributed by atoms with Crippen LogP contribution in [0.2, 0.25) is 0 Å². The first-order valence-corrected chi connectivity index (χ1v) is 8.45. The van der Waals surface area contributed by atoms with Gasteiger partial charge in [0.15, 0.2) is 0 Å². The third kappa shape index (κ3) is 3.55. The van der Waals surface area contributed by atoms with Crippen LogP contribution in [-0.4, -0.2) is 5.16 Å². The first-order valence-electron chi connectivity index (χ1n) is 8.45. The predicted molar refractivity (Wildman–Crippen MR) is 99.3 cm³/mol. The molecule has 6 nitrogen and oxygen atoms in total. The van der Waals surface area contributed by atoms with E-state index >= 15 is 0 Å². The molecule has 2 aromatic carbocycles. The zero-order valence-corrected chi connectivity index (χ0v) is 14.9. The number of aromatic nitrogens is 1. The minimum Gasteiger partial charge on any atom is -0.487 e. The molecule has 0 N–H and O–H groups in total. The molecule has 0 saturated heterocycles. The monoisotopic (exact) mass is 363 g/mol. The van der Waals surface area contributed by atoms with E-state index < -0.39 is 0 Å². The lowest BCUT2D eigenvalue weighted by atomic mass is 10.2. The third-order valence-electron chi connectivity index (χ3n) is 4.01. The number of hydrogen-bond acceptors (Lipinski definition) is 6. The van der Waals surface area contributed by atoms with E-state index in [1.54, 1.807) is 43.3 Å². The van der Waals surface area contributed by atoms with Crippen molar-refractivity contribution in [1.82, 2.24) is 5.16 Å². The number of fused-ring (bicyclic) bond motifs is 1. The van der Waals surface area contributed by atoms with Gasteiger partial charge in [-0.3, -0.25) is 4.79 Å². The van der Waals surface area contributed by atoms with Gasteiger partial charge in [-0.25, -0.2) is 0 Å². The van der Waals surface area contributed by atoms with Crippen LogP contribution in [0.5, 0.6) is 17.2 Å². The molecule has 4 aromatic rings. The molecular formula is C21H17NO5. The molecule has 0 fully saturated rings. The van der Waals surface area contributed by atoms with E-state index in [1.807, 2.05) is 25.1 Å². The van der Waals surface area contributed by atoms with Crippen molar-refractivity contribution in [2.45, 2.75) is 20.5 Å². The number of benzene rings is 2. The van der Waals surface area contributed by atoms with Gasteiger partial charge >= 0.3 is 0 Å². The lowest BCUT2D eigenvalue weighted by molar-refractivity contribution is 0.288.